The number of ether oxygens (including phenoxy) is 1. The third kappa shape index (κ3) is 2.71. The number of carbonyl (C=O) groups excluding carboxylic acids is 1. The molecule has 0 saturated heterocycles. The van der Waals surface area contributed by atoms with Gasteiger partial charge in [0.05, 0.1) is 22.7 Å². The van der Waals surface area contributed by atoms with Crippen molar-refractivity contribution in [2.75, 3.05) is 12.8 Å². The average Bonchev–Trinajstić information content (AvgIpc) is 2.42. The van der Waals surface area contributed by atoms with Crippen molar-refractivity contribution in [2.45, 2.75) is 0 Å². The van der Waals surface area contributed by atoms with Crippen LogP contribution in [0.5, 0.6) is 5.75 Å². The number of carbonyl (C=O) groups is 1. The van der Waals surface area contributed by atoms with Gasteiger partial charge < -0.3 is 10.5 Å². The summed E-state index contributed by atoms with van der Waals surface area (Å²) in [5.74, 6) is -0.827. The highest BCUT2D eigenvalue weighted by Gasteiger charge is 2.20. The first-order chi connectivity index (χ1) is 9.43. The van der Waals surface area contributed by atoms with Gasteiger partial charge in [0.25, 0.3) is 0 Å². The lowest BCUT2D eigenvalue weighted by molar-refractivity contribution is 0.103. The van der Waals surface area contributed by atoms with Crippen molar-refractivity contribution in [1.29, 1.82) is 0 Å². The Morgan fingerprint density at radius 3 is 2.55 bits per heavy atom. The summed E-state index contributed by atoms with van der Waals surface area (Å²) >= 11 is 11.9. The molecular formula is C14H10Cl2FNO2. The highest BCUT2D eigenvalue weighted by Crippen LogP contribution is 2.32. The fraction of sp³-hybridized carbons (Fsp3) is 0.0714. The molecule has 0 aliphatic rings. The highest BCUT2D eigenvalue weighted by atomic mass is 35.5. The number of anilines is 1. The maximum atomic E-state index is 13.3. The molecule has 0 fully saturated rings. The van der Waals surface area contributed by atoms with E-state index in [1.165, 1.54) is 31.4 Å². The van der Waals surface area contributed by atoms with Crippen LogP contribution in [0.4, 0.5) is 10.1 Å². The monoisotopic (exact) mass is 313 g/mol. The summed E-state index contributed by atoms with van der Waals surface area (Å²) in [4.78, 5) is 12.5. The van der Waals surface area contributed by atoms with Crippen molar-refractivity contribution in [2.24, 2.45) is 0 Å². The molecule has 2 N–H and O–H groups in total. The van der Waals surface area contributed by atoms with Crippen LogP contribution < -0.4 is 10.5 Å². The average molecular weight is 314 g/mol. The van der Waals surface area contributed by atoms with Crippen molar-refractivity contribution < 1.29 is 13.9 Å². The third-order valence-corrected chi connectivity index (χ3v) is 3.50. The number of rotatable bonds is 3. The molecule has 0 radical (unpaired) electrons. The predicted octanol–water partition coefficient (Wildman–Crippen LogP) is 3.95. The number of nitrogens with two attached hydrogens (primary N) is 1. The van der Waals surface area contributed by atoms with Crippen LogP contribution in [-0.2, 0) is 0 Å². The van der Waals surface area contributed by atoms with Crippen molar-refractivity contribution >= 4 is 34.7 Å². The Morgan fingerprint density at radius 1 is 1.20 bits per heavy atom. The summed E-state index contributed by atoms with van der Waals surface area (Å²) in [5, 5.41) is 0.225. The summed E-state index contributed by atoms with van der Waals surface area (Å²) in [6.07, 6.45) is 0. The minimum absolute atomic E-state index is 0.0519. The minimum Gasteiger partial charge on any atom is -0.496 e. The first-order valence-electron chi connectivity index (χ1n) is 5.56. The smallest absolute Gasteiger partial charge is 0.198 e. The van der Waals surface area contributed by atoms with E-state index in [-0.39, 0.29) is 32.6 Å². The topological polar surface area (TPSA) is 52.3 Å². The summed E-state index contributed by atoms with van der Waals surface area (Å²) in [6, 6.07) is 6.47. The number of halogens is 3. The maximum absolute atomic E-state index is 13.3. The summed E-state index contributed by atoms with van der Waals surface area (Å²) in [7, 11) is 1.39. The SMILES string of the molecule is COc1ccc(F)cc1C(=O)c1cc(N)cc(Cl)c1Cl. The fourth-order valence-electron chi connectivity index (χ4n) is 1.78. The van der Waals surface area contributed by atoms with Gasteiger partial charge in [0.1, 0.15) is 11.6 Å². The zero-order valence-electron chi connectivity index (χ0n) is 10.4. The lowest BCUT2D eigenvalue weighted by atomic mass is 10.0. The molecule has 0 heterocycles. The Kier molecular flexibility index (Phi) is 4.16. The number of methoxy groups -OCH3 is 1. The second kappa shape index (κ2) is 5.69. The molecule has 0 atom stereocenters. The van der Waals surface area contributed by atoms with Crippen molar-refractivity contribution in [3.63, 3.8) is 0 Å². The molecule has 3 nitrogen and oxygen atoms in total. The molecule has 2 rings (SSSR count). The van der Waals surface area contributed by atoms with Crippen LogP contribution in [0.1, 0.15) is 15.9 Å². The number of hydrogen-bond acceptors (Lipinski definition) is 3. The van der Waals surface area contributed by atoms with Crippen LogP contribution in [0.3, 0.4) is 0 Å². The van der Waals surface area contributed by atoms with Crippen molar-refractivity contribution in [3.8, 4) is 5.75 Å². The van der Waals surface area contributed by atoms with Gasteiger partial charge in [-0.2, -0.15) is 0 Å². The van der Waals surface area contributed by atoms with Gasteiger partial charge in [-0.05, 0) is 30.3 Å². The zero-order valence-corrected chi connectivity index (χ0v) is 11.9. The van der Waals surface area contributed by atoms with E-state index in [9.17, 15) is 9.18 Å². The molecule has 0 amide bonds. The van der Waals surface area contributed by atoms with Gasteiger partial charge in [-0.15, -0.1) is 0 Å². The minimum atomic E-state index is -0.555. The summed E-state index contributed by atoms with van der Waals surface area (Å²) in [5.41, 5.74) is 6.08. The standard InChI is InChI=1S/C14H10Cl2FNO2/c1-20-12-3-2-7(17)4-9(12)14(19)10-5-8(18)6-11(15)13(10)16/h2-6H,18H2,1H3. The Morgan fingerprint density at radius 2 is 1.90 bits per heavy atom. The number of ketones is 1. The van der Waals surface area contributed by atoms with Crippen LogP contribution >= 0.6 is 23.2 Å². The predicted molar refractivity (Wildman–Crippen MR) is 77.3 cm³/mol. The largest absolute Gasteiger partial charge is 0.496 e. The summed E-state index contributed by atoms with van der Waals surface area (Å²) in [6.45, 7) is 0. The van der Waals surface area contributed by atoms with E-state index in [1.807, 2.05) is 0 Å². The van der Waals surface area contributed by atoms with E-state index < -0.39 is 11.6 Å². The number of hydrogen-bond donors (Lipinski definition) is 1. The Labute approximate surface area is 125 Å². The van der Waals surface area contributed by atoms with Gasteiger partial charge in [0.15, 0.2) is 5.78 Å². The molecule has 0 spiro atoms. The molecule has 0 bridgehead atoms. The van der Waals surface area contributed by atoms with Gasteiger partial charge >= 0.3 is 0 Å². The Hall–Kier alpha value is -1.78. The first-order valence-corrected chi connectivity index (χ1v) is 6.32. The van der Waals surface area contributed by atoms with Gasteiger partial charge in [-0.1, -0.05) is 23.2 Å². The van der Waals surface area contributed by atoms with Crippen LogP contribution in [0.15, 0.2) is 30.3 Å². The normalized spacial score (nSPS) is 10.4. The second-order valence-electron chi connectivity index (χ2n) is 4.04. The van der Waals surface area contributed by atoms with E-state index in [2.05, 4.69) is 0 Å². The number of benzene rings is 2. The maximum Gasteiger partial charge on any atom is 0.198 e. The van der Waals surface area contributed by atoms with Gasteiger partial charge in [-0.25, -0.2) is 4.39 Å². The van der Waals surface area contributed by atoms with Gasteiger partial charge in [-0.3, -0.25) is 4.79 Å². The van der Waals surface area contributed by atoms with E-state index in [4.69, 9.17) is 33.7 Å². The first kappa shape index (κ1) is 14.6. The highest BCUT2D eigenvalue weighted by molar-refractivity contribution is 6.44. The van der Waals surface area contributed by atoms with E-state index in [0.717, 1.165) is 6.07 Å². The molecule has 0 unspecified atom stereocenters. The molecule has 6 heteroatoms. The molecule has 2 aromatic rings. The molecule has 2 aromatic carbocycles. The summed E-state index contributed by atoms with van der Waals surface area (Å²) < 4.78 is 18.4. The van der Waals surface area contributed by atoms with Crippen LogP contribution in [0, 0.1) is 5.82 Å². The molecular weight excluding hydrogens is 304 g/mol. The van der Waals surface area contributed by atoms with Crippen LogP contribution in [-0.4, -0.2) is 12.9 Å². The van der Waals surface area contributed by atoms with Crippen LogP contribution in [0.25, 0.3) is 0 Å². The Balaban J connectivity index is 2.60. The van der Waals surface area contributed by atoms with E-state index in [1.54, 1.807) is 0 Å². The molecule has 0 aliphatic carbocycles. The zero-order chi connectivity index (χ0) is 14.9. The van der Waals surface area contributed by atoms with Crippen molar-refractivity contribution in [3.05, 3.63) is 57.3 Å². The van der Waals surface area contributed by atoms with Crippen molar-refractivity contribution in [1.82, 2.24) is 0 Å². The molecule has 0 aliphatic heterocycles. The second-order valence-corrected chi connectivity index (χ2v) is 4.82. The lowest BCUT2D eigenvalue weighted by Crippen LogP contribution is -2.06. The lowest BCUT2D eigenvalue weighted by Gasteiger charge is -2.10. The third-order valence-electron chi connectivity index (χ3n) is 2.70. The molecule has 0 aromatic heterocycles. The van der Waals surface area contributed by atoms with Gasteiger partial charge in [0.2, 0.25) is 0 Å². The fourth-order valence-corrected chi connectivity index (χ4v) is 2.20. The van der Waals surface area contributed by atoms with Gasteiger partial charge in [0, 0.05) is 11.3 Å². The molecule has 104 valence electrons. The quantitative estimate of drug-likeness (QED) is 0.689. The molecule has 20 heavy (non-hydrogen) atoms. The van der Waals surface area contributed by atoms with Crippen LogP contribution in [0.2, 0.25) is 10.0 Å². The molecule has 0 saturated carbocycles. The van der Waals surface area contributed by atoms with E-state index in [0.29, 0.717) is 0 Å². The van der Waals surface area contributed by atoms with E-state index >= 15 is 0 Å². The number of nitrogen functional groups attached to an aromatic ring is 1. The Bertz CT molecular complexity index is 689.